The average molecular weight is 290 g/mol. The van der Waals surface area contributed by atoms with E-state index in [1.807, 2.05) is 18.7 Å². The van der Waals surface area contributed by atoms with E-state index >= 15 is 0 Å². The van der Waals surface area contributed by atoms with E-state index in [1.54, 1.807) is 18.9 Å². The number of carbonyl (C=O) groups is 1. The van der Waals surface area contributed by atoms with Crippen LogP contribution in [0.15, 0.2) is 0 Å². The van der Waals surface area contributed by atoms with E-state index in [-0.39, 0.29) is 5.91 Å². The summed E-state index contributed by atoms with van der Waals surface area (Å²) in [5.74, 6) is 1.61. The van der Waals surface area contributed by atoms with Crippen molar-refractivity contribution in [3.8, 4) is 0 Å². The fourth-order valence-corrected chi connectivity index (χ4v) is 2.88. The fourth-order valence-electron chi connectivity index (χ4n) is 2.10. The highest BCUT2D eigenvalue weighted by Crippen LogP contribution is 2.10. The molecule has 6 heteroatoms. The van der Waals surface area contributed by atoms with Crippen molar-refractivity contribution in [1.82, 2.24) is 9.80 Å². The quantitative estimate of drug-likeness (QED) is 0.683. The van der Waals surface area contributed by atoms with Crippen LogP contribution in [-0.4, -0.2) is 84.4 Å². The molecule has 1 N–H and O–H groups in total. The van der Waals surface area contributed by atoms with Gasteiger partial charge in [0.1, 0.15) is 0 Å². The van der Waals surface area contributed by atoms with E-state index in [9.17, 15) is 9.90 Å². The molecule has 0 unspecified atom stereocenters. The molecule has 0 bridgehead atoms. The van der Waals surface area contributed by atoms with Crippen LogP contribution in [0.25, 0.3) is 0 Å². The third-order valence-electron chi connectivity index (χ3n) is 2.99. The highest BCUT2D eigenvalue weighted by atomic mass is 32.2. The Hall–Kier alpha value is -0.300. The van der Waals surface area contributed by atoms with Gasteiger partial charge in [-0.25, -0.2) is 0 Å². The summed E-state index contributed by atoms with van der Waals surface area (Å²) in [6, 6.07) is 0. The van der Waals surface area contributed by atoms with Crippen LogP contribution in [0.3, 0.4) is 0 Å². The van der Waals surface area contributed by atoms with Crippen LogP contribution in [0.1, 0.15) is 13.8 Å². The van der Waals surface area contributed by atoms with E-state index in [2.05, 4.69) is 4.90 Å². The monoisotopic (exact) mass is 290 g/mol. The second-order valence-corrected chi connectivity index (χ2v) is 6.62. The predicted octanol–water partition coefficient (Wildman–Crippen LogP) is 0.281. The third-order valence-corrected chi connectivity index (χ3v) is 3.90. The number of aliphatic hydroxyl groups is 1. The number of rotatable bonds is 7. The maximum atomic E-state index is 11.9. The summed E-state index contributed by atoms with van der Waals surface area (Å²) in [5, 5.41) is 9.77. The number of carbonyl (C=O) groups excluding carboxylic acids is 1. The first-order valence-electron chi connectivity index (χ1n) is 6.71. The van der Waals surface area contributed by atoms with Gasteiger partial charge >= 0.3 is 0 Å². The topological polar surface area (TPSA) is 53.0 Å². The molecule has 1 heterocycles. The summed E-state index contributed by atoms with van der Waals surface area (Å²) in [6.45, 7) is 8.21. The molecule has 1 aliphatic rings. The molecule has 1 saturated heterocycles. The summed E-state index contributed by atoms with van der Waals surface area (Å²) in [4.78, 5) is 16.1. The minimum absolute atomic E-state index is 0.212. The van der Waals surface area contributed by atoms with Gasteiger partial charge in [-0.15, -0.1) is 11.8 Å². The molecule has 0 radical (unpaired) electrons. The van der Waals surface area contributed by atoms with Crippen molar-refractivity contribution in [2.75, 3.05) is 57.9 Å². The molecule has 0 aromatic heterocycles. The van der Waals surface area contributed by atoms with Crippen LogP contribution in [0.5, 0.6) is 0 Å². The minimum Gasteiger partial charge on any atom is -0.389 e. The molecule has 0 aliphatic carbocycles. The van der Waals surface area contributed by atoms with E-state index in [0.29, 0.717) is 18.9 Å². The molecular weight excluding hydrogens is 264 g/mol. The van der Waals surface area contributed by atoms with Gasteiger partial charge in [0.15, 0.2) is 0 Å². The molecule has 0 saturated carbocycles. The molecule has 0 spiro atoms. The van der Waals surface area contributed by atoms with E-state index in [1.165, 1.54) is 0 Å². The number of amides is 1. The van der Waals surface area contributed by atoms with Crippen molar-refractivity contribution in [2.45, 2.75) is 19.4 Å². The van der Waals surface area contributed by atoms with E-state index in [4.69, 9.17) is 4.74 Å². The zero-order chi connectivity index (χ0) is 14.3. The highest BCUT2D eigenvalue weighted by Gasteiger charge is 2.24. The van der Waals surface area contributed by atoms with Crippen LogP contribution >= 0.6 is 11.8 Å². The zero-order valence-electron chi connectivity index (χ0n) is 12.2. The van der Waals surface area contributed by atoms with Gasteiger partial charge in [0, 0.05) is 45.6 Å². The third kappa shape index (κ3) is 7.15. The van der Waals surface area contributed by atoms with Gasteiger partial charge in [-0.1, -0.05) is 0 Å². The molecule has 0 atom stereocenters. The number of thioether (sulfide) groups is 1. The summed E-state index contributed by atoms with van der Waals surface area (Å²) in [6.07, 6.45) is 0. The lowest BCUT2D eigenvalue weighted by atomic mass is 10.1. The van der Waals surface area contributed by atoms with Crippen LogP contribution in [-0.2, 0) is 9.53 Å². The summed E-state index contributed by atoms with van der Waals surface area (Å²) < 4.78 is 4.95. The maximum Gasteiger partial charge on any atom is 0.232 e. The Morgan fingerprint density at radius 2 is 1.95 bits per heavy atom. The van der Waals surface area contributed by atoms with Crippen molar-refractivity contribution >= 4 is 17.7 Å². The normalized spacial score (nSPS) is 17.8. The number of ether oxygens (including phenoxy) is 1. The molecular formula is C13H26N2O3S. The van der Waals surface area contributed by atoms with Gasteiger partial charge in [0.25, 0.3) is 0 Å². The van der Waals surface area contributed by atoms with E-state index in [0.717, 1.165) is 31.9 Å². The van der Waals surface area contributed by atoms with Crippen molar-refractivity contribution in [3.05, 3.63) is 0 Å². The number of β-amino-alcohol motifs (C(OH)–C–C–N with tert-alkyl or cyclic N) is 1. The summed E-state index contributed by atoms with van der Waals surface area (Å²) in [5.41, 5.74) is -0.665. The Morgan fingerprint density at radius 3 is 2.47 bits per heavy atom. The Morgan fingerprint density at radius 1 is 1.32 bits per heavy atom. The van der Waals surface area contributed by atoms with E-state index < -0.39 is 5.60 Å². The smallest absolute Gasteiger partial charge is 0.232 e. The van der Waals surface area contributed by atoms with Gasteiger partial charge in [-0.2, -0.15) is 0 Å². The van der Waals surface area contributed by atoms with Gasteiger partial charge in [0.05, 0.1) is 18.0 Å². The highest BCUT2D eigenvalue weighted by molar-refractivity contribution is 7.99. The second-order valence-electron chi connectivity index (χ2n) is 5.51. The second kappa shape index (κ2) is 8.09. The Balaban J connectivity index is 2.20. The number of methoxy groups -OCH3 is 1. The minimum atomic E-state index is -0.665. The van der Waals surface area contributed by atoms with Crippen LogP contribution in [0, 0.1) is 0 Å². The number of hydrogen-bond donors (Lipinski definition) is 1. The molecule has 0 aromatic carbocycles. The lowest BCUT2D eigenvalue weighted by Gasteiger charge is -2.37. The number of piperazine rings is 1. The first kappa shape index (κ1) is 16.8. The predicted molar refractivity (Wildman–Crippen MR) is 78.5 cm³/mol. The molecule has 0 aromatic rings. The van der Waals surface area contributed by atoms with Crippen LogP contribution in [0.4, 0.5) is 0 Å². The first-order valence-corrected chi connectivity index (χ1v) is 7.87. The number of hydrogen-bond acceptors (Lipinski definition) is 5. The first-order chi connectivity index (χ1) is 8.92. The van der Waals surface area contributed by atoms with Crippen LogP contribution in [0.2, 0.25) is 0 Å². The number of nitrogens with zero attached hydrogens (tertiary/aromatic N) is 2. The van der Waals surface area contributed by atoms with Crippen molar-refractivity contribution < 1.29 is 14.6 Å². The molecule has 1 amide bonds. The molecule has 112 valence electrons. The summed E-state index contributed by atoms with van der Waals surface area (Å²) >= 11 is 1.62. The molecule has 19 heavy (non-hydrogen) atoms. The van der Waals surface area contributed by atoms with Crippen molar-refractivity contribution in [3.63, 3.8) is 0 Å². The van der Waals surface area contributed by atoms with Gasteiger partial charge in [-0.3, -0.25) is 9.69 Å². The largest absolute Gasteiger partial charge is 0.389 e. The maximum absolute atomic E-state index is 11.9. The Labute approximate surface area is 120 Å². The Kier molecular flexibility index (Phi) is 7.13. The fraction of sp³-hybridized carbons (Fsp3) is 0.923. The Bertz CT molecular complexity index is 274. The lowest BCUT2D eigenvalue weighted by Crippen LogP contribution is -2.52. The van der Waals surface area contributed by atoms with Gasteiger partial charge < -0.3 is 14.7 Å². The van der Waals surface area contributed by atoms with Gasteiger partial charge in [0.2, 0.25) is 5.91 Å². The van der Waals surface area contributed by atoms with Crippen LogP contribution < -0.4 is 0 Å². The van der Waals surface area contributed by atoms with Crippen molar-refractivity contribution in [2.24, 2.45) is 0 Å². The summed E-state index contributed by atoms with van der Waals surface area (Å²) in [7, 11) is 1.67. The average Bonchev–Trinajstić information content (AvgIpc) is 2.33. The lowest BCUT2D eigenvalue weighted by molar-refractivity contribution is -0.130. The van der Waals surface area contributed by atoms with Gasteiger partial charge in [-0.05, 0) is 13.8 Å². The molecule has 5 nitrogen and oxygen atoms in total. The standard InChI is InChI=1S/C13H26N2O3S/c1-13(2,17)11-14-4-6-15(7-5-14)12(16)10-19-9-8-18-3/h17H,4-11H2,1-3H3. The SMILES string of the molecule is COCCSCC(=O)N1CCN(CC(C)(C)O)CC1. The molecule has 1 fully saturated rings. The molecule has 1 rings (SSSR count). The van der Waals surface area contributed by atoms with Crippen molar-refractivity contribution in [1.29, 1.82) is 0 Å². The molecule has 1 aliphatic heterocycles. The zero-order valence-corrected chi connectivity index (χ0v) is 13.0.